The average molecular weight is 304 g/mol. The predicted molar refractivity (Wildman–Crippen MR) is 88.2 cm³/mol. The molecular formula is C18H16N4O. The number of rotatable bonds is 3. The highest BCUT2D eigenvalue weighted by molar-refractivity contribution is 5.92. The summed E-state index contributed by atoms with van der Waals surface area (Å²) in [4.78, 5) is 12.0. The number of aromatic nitrogens is 2. The van der Waals surface area contributed by atoms with Crippen molar-refractivity contribution in [3.8, 4) is 0 Å². The van der Waals surface area contributed by atoms with Crippen LogP contribution < -0.4 is 10.6 Å². The van der Waals surface area contributed by atoms with Gasteiger partial charge >= 0.3 is 6.03 Å². The molecule has 2 heterocycles. The van der Waals surface area contributed by atoms with Crippen LogP contribution in [0.3, 0.4) is 0 Å². The minimum absolute atomic E-state index is 0.176. The Balaban J connectivity index is 1.71. The van der Waals surface area contributed by atoms with Gasteiger partial charge in [0.15, 0.2) is 0 Å². The normalized spacial score (nSPS) is 16.3. The van der Waals surface area contributed by atoms with Crippen LogP contribution in [0, 0.1) is 0 Å². The Kier molecular flexibility index (Phi) is 3.31. The minimum atomic E-state index is -0.207. The number of anilines is 1. The zero-order valence-electron chi connectivity index (χ0n) is 12.4. The SMILES string of the molecule is O=C1Nc2c(cnn2Cc2ccccc2)[C@H](c2ccccc2)N1. The molecule has 1 aromatic heterocycles. The second kappa shape index (κ2) is 5.61. The van der Waals surface area contributed by atoms with Crippen molar-refractivity contribution in [1.82, 2.24) is 15.1 Å². The maximum Gasteiger partial charge on any atom is 0.321 e. The number of nitrogens with zero attached hydrogens (tertiary/aromatic N) is 2. The Morgan fingerprint density at radius 1 is 1.00 bits per heavy atom. The van der Waals surface area contributed by atoms with E-state index in [2.05, 4.69) is 15.7 Å². The molecule has 114 valence electrons. The van der Waals surface area contributed by atoms with Crippen LogP contribution in [0.4, 0.5) is 10.6 Å². The molecule has 23 heavy (non-hydrogen) atoms. The van der Waals surface area contributed by atoms with Crippen LogP contribution >= 0.6 is 0 Å². The lowest BCUT2D eigenvalue weighted by atomic mass is 10.00. The third-order valence-electron chi connectivity index (χ3n) is 3.99. The molecule has 1 aliphatic heterocycles. The van der Waals surface area contributed by atoms with Gasteiger partial charge in [-0.3, -0.25) is 5.32 Å². The molecule has 0 unspecified atom stereocenters. The fourth-order valence-electron chi connectivity index (χ4n) is 2.88. The van der Waals surface area contributed by atoms with Crippen LogP contribution in [0.1, 0.15) is 22.7 Å². The first-order valence-electron chi connectivity index (χ1n) is 7.53. The van der Waals surface area contributed by atoms with Gasteiger partial charge in [-0.15, -0.1) is 0 Å². The van der Waals surface area contributed by atoms with E-state index in [1.54, 1.807) is 0 Å². The van der Waals surface area contributed by atoms with Gasteiger partial charge in [0.05, 0.1) is 18.8 Å². The molecule has 0 saturated heterocycles. The Labute approximate surface area is 134 Å². The molecule has 2 amide bonds. The molecule has 4 rings (SSSR count). The summed E-state index contributed by atoms with van der Waals surface area (Å²) in [7, 11) is 0. The number of benzene rings is 2. The number of urea groups is 1. The summed E-state index contributed by atoms with van der Waals surface area (Å²) in [6, 6.07) is 19.6. The average Bonchev–Trinajstić information content (AvgIpc) is 2.99. The van der Waals surface area contributed by atoms with Crippen LogP contribution in [-0.4, -0.2) is 15.8 Å². The largest absolute Gasteiger partial charge is 0.327 e. The van der Waals surface area contributed by atoms with E-state index in [4.69, 9.17) is 0 Å². The summed E-state index contributed by atoms with van der Waals surface area (Å²) in [6.45, 7) is 0.623. The standard InChI is InChI=1S/C18H16N4O/c23-18-20-16(14-9-5-2-6-10-14)15-11-19-22(17(15)21-18)12-13-7-3-1-4-8-13/h1-11,16H,12H2,(H2,20,21,23)/t16-/m0/s1. The van der Waals surface area contributed by atoms with Gasteiger partial charge in [0, 0.05) is 5.56 Å². The van der Waals surface area contributed by atoms with Crippen molar-refractivity contribution in [2.24, 2.45) is 0 Å². The smallest absolute Gasteiger partial charge is 0.321 e. The molecule has 1 aliphatic rings. The van der Waals surface area contributed by atoms with E-state index in [-0.39, 0.29) is 12.1 Å². The molecule has 1 atom stereocenters. The summed E-state index contributed by atoms with van der Waals surface area (Å²) in [5.74, 6) is 0.756. The summed E-state index contributed by atoms with van der Waals surface area (Å²) in [6.07, 6.45) is 1.82. The van der Waals surface area contributed by atoms with Crippen molar-refractivity contribution in [3.05, 3.63) is 83.6 Å². The second-order valence-electron chi connectivity index (χ2n) is 5.53. The fraction of sp³-hybridized carbons (Fsp3) is 0.111. The summed E-state index contributed by atoms with van der Waals surface area (Å²) >= 11 is 0. The molecule has 0 spiro atoms. The number of fused-ring (bicyclic) bond motifs is 1. The Morgan fingerprint density at radius 3 is 2.43 bits per heavy atom. The molecule has 5 heteroatoms. The zero-order chi connectivity index (χ0) is 15.6. The molecule has 0 saturated carbocycles. The van der Waals surface area contributed by atoms with Gasteiger partial charge in [-0.1, -0.05) is 60.7 Å². The van der Waals surface area contributed by atoms with Crippen LogP contribution in [0.5, 0.6) is 0 Å². The van der Waals surface area contributed by atoms with Crippen molar-refractivity contribution in [2.45, 2.75) is 12.6 Å². The van der Waals surface area contributed by atoms with Gasteiger partial charge in [0.1, 0.15) is 5.82 Å². The molecule has 2 N–H and O–H groups in total. The number of hydrogen-bond donors (Lipinski definition) is 2. The van der Waals surface area contributed by atoms with E-state index in [9.17, 15) is 4.79 Å². The van der Waals surface area contributed by atoms with E-state index in [0.29, 0.717) is 6.54 Å². The number of nitrogens with one attached hydrogen (secondary N) is 2. The molecule has 0 radical (unpaired) electrons. The van der Waals surface area contributed by atoms with E-state index in [1.165, 1.54) is 0 Å². The van der Waals surface area contributed by atoms with E-state index < -0.39 is 0 Å². The third-order valence-corrected chi connectivity index (χ3v) is 3.99. The van der Waals surface area contributed by atoms with Crippen molar-refractivity contribution >= 4 is 11.8 Å². The Bertz CT molecular complexity index is 827. The quantitative estimate of drug-likeness (QED) is 0.781. The monoisotopic (exact) mass is 304 g/mol. The lowest BCUT2D eigenvalue weighted by molar-refractivity contribution is 0.248. The molecular weight excluding hydrogens is 288 g/mol. The lowest BCUT2D eigenvalue weighted by Crippen LogP contribution is -2.38. The van der Waals surface area contributed by atoms with E-state index >= 15 is 0 Å². The maximum atomic E-state index is 12.0. The highest BCUT2D eigenvalue weighted by atomic mass is 16.2. The predicted octanol–water partition coefficient (Wildman–Crippen LogP) is 3.16. The molecule has 3 aromatic rings. The van der Waals surface area contributed by atoms with Gasteiger partial charge in [-0.05, 0) is 11.1 Å². The van der Waals surface area contributed by atoms with E-state index in [0.717, 1.165) is 22.5 Å². The molecule has 0 bridgehead atoms. The van der Waals surface area contributed by atoms with Crippen LogP contribution in [0.25, 0.3) is 0 Å². The van der Waals surface area contributed by atoms with Crippen molar-refractivity contribution in [2.75, 3.05) is 5.32 Å². The highest BCUT2D eigenvalue weighted by Gasteiger charge is 2.28. The zero-order valence-corrected chi connectivity index (χ0v) is 12.4. The number of amides is 2. The molecule has 2 aromatic carbocycles. The van der Waals surface area contributed by atoms with Gasteiger partial charge in [-0.2, -0.15) is 5.10 Å². The summed E-state index contributed by atoms with van der Waals surface area (Å²) in [5, 5.41) is 10.3. The van der Waals surface area contributed by atoms with Crippen molar-refractivity contribution in [1.29, 1.82) is 0 Å². The highest BCUT2D eigenvalue weighted by Crippen LogP contribution is 2.31. The van der Waals surface area contributed by atoms with Crippen LogP contribution in [0.2, 0.25) is 0 Å². The topological polar surface area (TPSA) is 59.0 Å². The molecule has 0 aliphatic carbocycles. The molecule has 0 fully saturated rings. The third kappa shape index (κ3) is 2.57. The number of carbonyl (C=O) groups is 1. The van der Waals surface area contributed by atoms with Crippen LogP contribution in [0.15, 0.2) is 66.9 Å². The number of hydrogen-bond acceptors (Lipinski definition) is 2. The lowest BCUT2D eigenvalue weighted by Gasteiger charge is -2.25. The Hall–Kier alpha value is -3.08. The van der Waals surface area contributed by atoms with Gasteiger partial charge in [0.25, 0.3) is 0 Å². The van der Waals surface area contributed by atoms with Gasteiger partial charge in [0.2, 0.25) is 0 Å². The van der Waals surface area contributed by atoms with Gasteiger partial charge in [-0.25, -0.2) is 9.48 Å². The van der Waals surface area contributed by atoms with E-state index in [1.807, 2.05) is 71.5 Å². The fourth-order valence-corrected chi connectivity index (χ4v) is 2.88. The first-order chi connectivity index (χ1) is 11.3. The van der Waals surface area contributed by atoms with Crippen molar-refractivity contribution < 1.29 is 4.79 Å². The number of carbonyl (C=O) groups excluding carboxylic acids is 1. The van der Waals surface area contributed by atoms with Crippen molar-refractivity contribution in [3.63, 3.8) is 0 Å². The Morgan fingerprint density at radius 2 is 1.70 bits per heavy atom. The van der Waals surface area contributed by atoms with Crippen LogP contribution in [-0.2, 0) is 6.54 Å². The first-order valence-corrected chi connectivity index (χ1v) is 7.53. The van der Waals surface area contributed by atoms with Gasteiger partial charge < -0.3 is 5.32 Å². The summed E-state index contributed by atoms with van der Waals surface area (Å²) < 4.78 is 1.83. The summed E-state index contributed by atoms with van der Waals surface area (Å²) in [5.41, 5.74) is 3.16. The molecule has 5 nitrogen and oxygen atoms in total. The second-order valence-corrected chi connectivity index (χ2v) is 5.53. The minimum Gasteiger partial charge on any atom is -0.327 e. The first kappa shape index (κ1) is 13.6. The maximum absolute atomic E-state index is 12.0.